The Hall–Kier alpha value is -2.96. The SMILES string of the molecule is C#CCSc1nc2c(-c3ccc(OCCN(C)C)cc3)c(OC)nn2c(=O)[nH]1. The minimum atomic E-state index is -0.405. The number of nitrogens with zero attached hydrogens (tertiary/aromatic N) is 4. The van der Waals surface area contributed by atoms with E-state index in [1.54, 1.807) is 0 Å². The number of benzene rings is 1. The number of aromatic amines is 1. The molecule has 0 bridgehead atoms. The van der Waals surface area contributed by atoms with E-state index in [0.717, 1.165) is 17.9 Å². The number of hydrogen-bond acceptors (Lipinski definition) is 7. The van der Waals surface area contributed by atoms with Crippen molar-refractivity contribution in [1.82, 2.24) is 24.5 Å². The molecule has 28 heavy (non-hydrogen) atoms. The summed E-state index contributed by atoms with van der Waals surface area (Å²) >= 11 is 1.28. The number of likely N-dealkylation sites (N-methyl/N-ethyl adjacent to an activating group) is 1. The topological polar surface area (TPSA) is 84.8 Å². The Kier molecular flexibility index (Phi) is 6.23. The number of fused-ring (bicyclic) bond motifs is 1. The highest BCUT2D eigenvalue weighted by atomic mass is 32.2. The van der Waals surface area contributed by atoms with Gasteiger partial charge in [-0.1, -0.05) is 29.8 Å². The number of thioether (sulfide) groups is 1. The number of hydrogen-bond donors (Lipinski definition) is 1. The first-order chi connectivity index (χ1) is 13.5. The summed E-state index contributed by atoms with van der Waals surface area (Å²) in [6, 6.07) is 7.52. The Labute approximate surface area is 166 Å². The van der Waals surface area contributed by atoms with Crippen molar-refractivity contribution in [3.05, 3.63) is 34.7 Å². The van der Waals surface area contributed by atoms with Crippen LogP contribution in [-0.4, -0.2) is 64.6 Å². The van der Waals surface area contributed by atoms with Crippen LogP contribution < -0.4 is 15.2 Å². The molecule has 0 saturated carbocycles. The fourth-order valence-corrected chi connectivity index (χ4v) is 3.07. The summed E-state index contributed by atoms with van der Waals surface area (Å²) in [6.07, 6.45) is 5.30. The molecule has 0 unspecified atom stereocenters. The first-order valence-electron chi connectivity index (χ1n) is 8.54. The van der Waals surface area contributed by atoms with Crippen LogP contribution in [0.4, 0.5) is 0 Å². The highest BCUT2D eigenvalue weighted by Gasteiger charge is 2.19. The molecule has 1 N–H and O–H groups in total. The lowest BCUT2D eigenvalue weighted by atomic mass is 10.1. The highest BCUT2D eigenvalue weighted by Crippen LogP contribution is 2.33. The van der Waals surface area contributed by atoms with Crippen LogP contribution >= 0.6 is 11.8 Å². The molecule has 0 radical (unpaired) electrons. The van der Waals surface area contributed by atoms with Crippen LogP contribution in [0.15, 0.2) is 34.2 Å². The van der Waals surface area contributed by atoms with Crippen LogP contribution in [0.25, 0.3) is 16.8 Å². The fraction of sp³-hybridized carbons (Fsp3) is 0.316. The summed E-state index contributed by atoms with van der Waals surface area (Å²) < 4.78 is 12.3. The summed E-state index contributed by atoms with van der Waals surface area (Å²) in [5.74, 6) is 3.99. The van der Waals surface area contributed by atoms with Gasteiger partial charge >= 0.3 is 5.69 Å². The molecule has 0 aliphatic rings. The van der Waals surface area contributed by atoms with Gasteiger partial charge in [0.1, 0.15) is 12.4 Å². The van der Waals surface area contributed by atoms with Gasteiger partial charge in [-0.25, -0.2) is 9.78 Å². The lowest BCUT2D eigenvalue weighted by molar-refractivity contribution is 0.261. The predicted molar refractivity (Wildman–Crippen MR) is 109 cm³/mol. The molecule has 146 valence electrons. The maximum Gasteiger partial charge on any atom is 0.350 e. The van der Waals surface area contributed by atoms with Crippen LogP contribution in [0.3, 0.4) is 0 Å². The van der Waals surface area contributed by atoms with Crippen molar-refractivity contribution in [3.63, 3.8) is 0 Å². The molecule has 0 aliphatic heterocycles. The van der Waals surface area contributed by atoms with E-state index < -0.39 is 5.69 Å². The fourth-order valence-electron chi connectivity index (χ4n) is 2.54. The van der Waals surface area contributed by atoms with E-state index in [9.17, 15) is 4.79 Å². The zero-order chi connectivity index (χ0) is 20.1. The van der Waals surface area contributed by atoms with E-state index in [4.69, 9.17) is 15.9 Å². The van der Waals surface area contributed by atoms with Crippen molar-refractivity contribution in [2.24, 2.45) is 0 Å². The monoisotopic (exact) mass is 399 g/mol. The summed E-state index contributed by atoms with van der Waals surface area (Å²) in [5, 5.41) is 4.65. The van der Waals surface area contributed by atoms with Gasteiger partial charge in [0.15, 0.2) is 10.8 Å². The van der Waals surface area contributed by atoms with E-state index in [1.165, 1.54) is 23.4 Å². The van der Waals surface area contributed by atoms with E-state index in [2.05, 4.69) is 25.9 Å². The third-order valence-corrected chi connectivity index (χ3v) is 4.66. The van der Waals surface area contributed by atoms with Crippen LogP contribution in [0.2, 0.25) is 0 Å². The van der Waals surface area contributed by atoms with Gasteiger partial charge in [0, 0.05) is 6.54 Å². The second-order valence-electron chi connectivity index (χ2n) is 6.14. The van der Waals surface area contributed by atoms with Crippen molar-refractivity contribution < 1.29 is 9.47 Å². The molecule has 0 saturated heterocycles. The molecule has 8 nitrogen and oxygen atoms in total. The molecule has 0 spiro atoms. The van der Waals surface area contributed by atoms with Crippen molar-refractivity contribution in [3.8, 4) is 35.1 Å². The van der Waals surface area contributed by atoms with Crippen molar-refractivity contribution in [1.29, 1.82) is 0 Å². The summed E-state index contributed by atoms with van der Waals surface area (Å²) in [6.45, 7) is 1.42. The Bertz CT molecular complexity index is 1050. The molecule has 2 aromatic heterocycles. The summed E-state index contributed by atoms with van der Waals surface area (Å²) in [7, 11) is 5.50. The molecular weight excluding hydrogens is 378 g/mol. The van der Waals surface area contributed by atoms with Gasteiger partial charge in [0.05, 0.1) is 18.4 Å². The number of ether oxygens (including phenoxy) is 2. The van der Waals surface area contributed by atoms with E-state index in [-0.39, 0.29) is 0 Å². The van der Waals surface area contributed by atoms with Crippen molar-refractivity contribution in [2.75, 3.05) is 40.1 Å². The molecule has 0 fully saturated rings. The van der Waals surface area contributed by atoms with Gasteiger partial charge in [-0.2, -0.15) is 4.52 Å². The Balaban J connectivity index is 1.98. The van der Waals surface area contributed by atoms with Gasteiger partial charge in [-0.3, -0.25) is 4.98 Å². The Morgan fingerprint density at radius 2 is 2.07 bits per heavy atom. The number of aromatic nitrogens is 4. The molecular formula is C19H21N5O3S. The molecule has 9 heteroatoms. The van der Waals surface area contributed by atoms with Gasteiger partial charge in [0.2, 0.25) is 5.88 Å². The average Bonchev–Trinajstić information content (AvgIpc) is 3.06. The van der Waals surface area contributed by atoms with Crippen molar-refractivity contribution in [2.45, 2.75) is 5.16 Å². The van der Waals surface area contributed by atoms with Gasteiger partial charge in [-0.05, 0) is 31.8 Å². The van der Waals surface area contributed by atoms with E-state index >= 15 is 0 Å². The van der Waals surface area contributed by atoms with Crippen molar-refractivity contribution >= 4 is 17.4 Å². The van der Waals surface area contributed by atoms with Gasteiger partial charge in [-0.15, -0.1) is 11.5 Å². The normalized spacial score (nSPS) is 11.0. The maximum atomic E-state index is 12.4. The van der Waals surface area contributed by atoms with Crippen LogP contribution in [0.1, 0.15) is 0 Å². The van der Waals surface area contributed by atoms with E-state index in [0.29, 0.717) is 34.6 Å². The molecule has 0 amide bonds. The zero-order valence-electron chi connectivity index (χ0n) is 15.9. The lowest BCUT2D eigenvalue weighted by Crippen LogP contribution is -2.19. The minimum absolute atomic E-state index is 0.318. The number of rotatable bonds is 8. The number of nitrogens with one attached hydrogen (secondary N) is 1. The summed E-state index contributed by atoms with van der Waals surface area (Å²) in [5.41, 5.74) is 1.45. The third kappa shape index (κ3) is 4.30. The lowest BCUT2D eigenvalue weighted by Gasteiger charge is -2.11. The van der Waals surface area contributed by atoms with Crippen LogP contribution in [0, 0.1) is 12.3 Å². The van der Waals surface area contributed by atoms with Gasteiger partial charge in [0.25, 0.3) is 0 Å². The molecule has 0 aliphatic carbocycles. The molecule has 3 aromatic rings. The largest absolute Gasteiger partial charge is 0.492 e. The predicted octanol–water partition coefficient (Wildman–Crippen LogP) is 1.76. The van der Waals surface area contributed by atoms with E-state index in [1.807, 2.05) is 38.4 Å². The molecule has 0 atom stereocenters. The Morgan fingerprint density at radius 1 is 1.32 bits per heavy atom. The Morgan fingerprint density at radius 3 is 2.71 bits per heavy atom. The second-order valence-corrected chi connectivity index (χ2v) is 7.10. The second kappa shape index (κ2) is 8.82. The minimum Gasteiger partial charge on any atom is -0.492 e. The average molecular weight is 399 g/mol. The van der Waals surface area contributed by atoms with Gasteiger partial charge < -0.3 is 14.4 Å². The summed E-state index contributed by atoms with van der Waals surface area (Å²) in [4.78, 5) is 21.6. The first-order valence-corrected chi connectivity index (χ1v) is 9.53. The number of H-pyrrole nitrogens is 1. The standard InChI is InChI=1S/C19H21N5O3S/c1-5-12-28-18-20-16-15(17(26-4)22-24(16)19(25)21-18)13-6-8-14(9-7-13)27-11-10-23(2)3/h1,6-9H,10-12H2,2-4H3,(H,20,21,25). The quantitative estimate of drug-likeness (QED) is 0.456. The zero-order valence-corrected chi connectivity index (χ0v) is 16.7. The number of terminal acetylenes is 1. The molecule has 1 aromatic carbocycles. The highest BCUT2D eigenvalue weighted by molar-refractivity contribution is 7.99. The number of methoxy groups -OCH3 is 1. The maximum absolute atomic E-state index is 12.4. The first kappa shape index (κ1) is 19.8. The third-order valence-electron chi connectivity index (χ3n) is 3.88. The van der Waals surface area contributed by atoms with Crippen LogP contribution in [-0.2, 0) is 0 Å². The molecule has 2 heterocycles. The van der Waals surface area contributed by atoms with Crippen LogP contribution in [0.5, 0.6) is 11.6 Å². The molecule has 3 rings (SSSR count). The smallest absolute Gasteiger partial charge is 0.350 e.